The zero-order chi connectivity index (χ0) is 13.0. The molecular formula is C15H19NO2. The number of carbonyl (C=O) groups is 2. The maximum absolute atomic E-state index is 12.2. The standard InChI is InChI=1S/C15H19NO2/c16-14(17)9-8-11-4-3-7-13(10-11)15(18)12-5-1-2-6-12/h3-4,7,10,12H,1-2,5-6,8-9H2,(H2,16,17). The smallest absolute Gasteiger partial charge is 0.217 e. The molecule has 0 unspecified atom stereocenters. The quantitative estimate of drug-likeness (QED) is 0.810. The van der Waals surface area contributed by atoms with Crippen LogP contribution in [0.2, 0.25) is 0 Å². The molecule has 1 fully saturated rings. The van der Waals surface area contributed by atoms with Crippen LogP contribution in [0.4, 0.5) is 0 Å². The van der Waals surface area contributed by atoms with Gasteiger partial charge in [-0.15, -0.1) is 0 Å². The highest BCUT2D eigenvalue weighted by Gasteiger charge is 2.23. The van der Waals surface area contributed by atoms with E-state index in [4.69, 9.17) is 5.73 Å². The number of hydrogen-bond acceptors (Lipinski definition) is 2. The van der Waals surface area contributed by atoms with Crippen LogP contribution in [0.3, 0.4) is 0 Å². The van der Waals surface area contributed by atoms with Crippen molar-refractivity contribution in [3.63, 3.8) is 0 Å². The fourth-order valence-corrected chi connectivity index (χ4v) is 2.57. The third-order valence-electron chi connectivity index (χ3n) is 3.60. The lowest BCUT2D eigenvalue weighted by molar-refractivity contribution is -0.117. The number of carbonyl (C=O) groups excluding carboxylic acids is 2. The molecule has 0 bridgehead atoms. The zero-order valence-electron chi connectivity index (χ0n) is 10.5. The van der Waals surface area contributed by atoms with Crippen LogP contribution in [0.5, 0.6) is 0 Å². The predicted molar refractivity (Wildman–Crippen MR) is 70.2 cm³/mol. The first-order valence-electron chi connectivity index (χ1n) is 6.58. The summed E-state index contributed by atoms with van der Waals surface area (Å²) in [5.74, 6) is 0.160. The van der Waals surface area contributed by atoms with Crippen molar-refractivity contribution in [2.24, 2.45) is 11.7 Å². The molecule has 3 heteroatoms. The monoisotopic (exact) mass is 245 g/mol. The van der Waals surface area contributed by atoms with Crippen molar-refractivity contribution in [2.75, 3.05) is 0 Å². The van der Waals surface area contributed by atoms with Gasteiger partial charge in [-0.05, 0) is 30.9 Å². The fraction of sp³-hybridized carbons (Fsp3) is 0.467. The Hall–Kier alpha value is -1.64. The van der Waals surface area contributed by atoms with E-state index >= 15 is 0 Å². The van der Waals surface area contributed by atoms with Crippen LogP contribution in [0.15, 0.2) is 24.3 Å². The largest absolute Gasteiger partial charge is 0.370 e. The van der Waals surface area contributed by atoms with E-state index in [0.717, 1.165) is 36.8 Å². The molecule has 18 heavy (non-hydrogen) atoms. The van der Waals surface area contributed by atoms with Crippen LogP contribution in [0.25, 0.3) is 0 Å². The van der Waals surface area contributed by atoms with Crippen LogP contribution in [0.1, 0.15) is 48.0 Å². The molecule has 0 radical (unpaired) electrons. The molecule has 2 rings (SSSR count). The van der Waals surface area contributed by atoms with Gasteiger partial charge in [0.05, 0.1) is 0 Å². The summed E-state index contributed by atoms with van der Waals surface area (Å²) in [6.45, 7) is 0. The van der Waals surface area contributed by atoms with E-state index in [1.165, 1.54) is 0 Å². The molecule has 1 saturated carbocycles. The lowest BCUT2D eigenvalue weighted by Crippen LogP contribution is -2.13. The number of primary amides is 1. The van der Waals surface area contributed by atoms with Crippen LogP contribution in [0, 0.1) is 5.92 Å². The number of amides is 1. The Labute approximate surface area is 107 Å². The Kier molecular flexibility index (Phi) is 4.13. The number of ketones is 1. The highest BCUT2D eigenvalue weighted by Crippen LogP contribution is 2.28. The van der Waals surface area contributed by atoms with Gasteiger partial charge in [-0.2, -0.15) is 0 Å². The van der Waals surface area contributed by atoms with Gasteiger partial charge in [0.1, 0.15) is 0 Å². The Morgan fingerprint density at radius 1 is 1.22 bits per heavy atom. The fourth-order valence-electron chi connectivity index (χ4n) is 2.57. The molecule has 0 heterocycles. The van der Waals surface area contributed by atoms with Gasteiger partial charge >= 0.3 is 0 Å². The van der Waals surface area contributed by atoms with E-state index in [9.17, 15) is 9.59 Å². The molecule has 1 amide bonds. The Bertz CT molecular complexity index is 448. The highest BCUT2D eigenvalue weighted by molar-refractivity contribution is 5.98. The van der Waals surface area contributed by atoms with Crippen LogP contribution in [-0.4, -0.2) is 11.7 Å². The molecule has 2 N–H and O–H groups in total. The highest BCUT2D eigenvalue weighted by atomic mass is 16.1. The molecule has 0 aromatic heterocycles. The molecule has 1 aromatic rings. The predicted octanol–water partition coefficient (Wildman–Crippen LogP) is 2.48. The van der Waals surface area contributed by atoms with E-state index < -0.39 is 0 Å². The average Bonchev–Trinajstić information content (AvgIpc) is 2.89. The van der Waals surface area contributed by atoms with Gasteiger partial charge in [0.25, 0.3) is 0 Å². The second kappa shape index (κ2) is 5.80. The SMILES string of the molecule is NC(=O)CCc1cccc(C(=O)C2CCCC2)c1. The molecule has 1 aromatic carbocycles. The van der Waals surface area contributed by atoms with E-state index in [1.54, 1.807) is 0 Å². The maximum atomic E-state index is 12.2. The van der Waals surface area contributed by atoms with Gasteiger partial charge in [0.15, 0.2) is 5.78 Å². The summed E-state index contributed by atoms with van der Waals surface area (Å²) in [6, 6.07) is 7.60. The molecule has 0 saturated heterocycles. The molecule has 1 aliphatic rings. The lowest BCUT2D eigenvalue weighted by Gasteiger charge is -2.09. The van der Waals surface area contributed by atoms with Gasteiger partial charge in [-0.1, -0.05) is 31.0 Å². The van der Waals surface area contributed by atoms with Crippen molar-refractivity contribution in [3.05, 3.63) is 35.4 Å². The summed E-state index contributed by atoms with van der Waals surface area (Å²) >= 11 is 0. The summed E-state index contributed by atoms with van der Waals surface area (Å²) in [6.07, 6.45) is 5.31. The maximum Gasteiger partial charge on any atom is 0.217 e. The second-order valence-corrected chi connectivity index (χ2v) is 5.01. The van der Waals surface area contributed by atoms with Crippen LogP contribution in [-0.2, 0) is 11.2 Å². The third kappa shape index (κ3) is 3.19. The van der Waals surface area contributed by atoms with Crippen LogP contribution < -0.4 is 5.73 Å². The number of hydrogen-bond donors (Lipinski definition) is 1. The molecule has 0 spiro atoms. The first kappa shape index (κ1) is 12.8. The van der Waals surface area contributed by atoms with Crippen molar-refractivity contribution in [1.82, 2.24) is 0 Å². The first-order chi connectivity index (χ1) is 8.66. The van der Waals surface area contributed by atoms with E-state index in [-0.39, 0.29) is 17.6 Å². The number of aryl methyl sites for hydroxylation is 1. The average molecular weight is 245 g/mol. The topological polar surface area (TPSA) is 60.2 Å². The third-order valence-corrected chi connectivity index (χ3v) is 3.60. The van der Waals surface area contributed by atoms with Gasteiger partial charge in [-0.3, -0.25) is 9.59 Å². The van der Waals surface area contributed by atoms with Crippen molar-refractivity contribution in [1.29, 1.82) is 0 Å². The van der Waals surface area contributed by atoms with Gasteiger partial charge in [0, 0.05) is 17.9 Å². The number of Topliss-reactive ketones (excluding diaryl/α,β-unsaturated/α-hetero) is 1. The van der Waals surface area contributed by atoms with Gasteiger partial charge in [-0.25, -0.2) is 0 Å². The molecule has 0 atom stereocenters. The molecule has 1 aliphatic carbocycles. The summed E-state index contributed by atoms with van der Waals surface area (Å²) < 4.78 is 0. The van der Waals surface area contributed by atoms with Crippen molar-refractivity contribution in [2.45, 2.75) is 38.5 Å². The van der Waals surface area contributed by atoms with Crippen molar-refractivity contribution < 1.29 is 9.59 Å². The van der Waals surface area contributed by atoms with Gasteiger partial charge < -0.3 is 5.73 Å². The van der Waals surface area contributed by atoms with Crippen molar-refractivity contribution >= 4 is 11.7 Å². The normalized spacial score (nSPS) is 15.8. The van der Waals surface area contributed by atoms with E-state index in [2.05, 4.69) is 0 Å². The molecule has 0 aliphatic heterocycles. The minimum atomic E-state index is -0.303. The minimum Gasteiger partial charge on any atom is -0.370 e. The number of nitrogens with two attached hydrogens (primary N) is 1. The van der Waals surface area contributed by atoms with Crippen LogP contribution >= 0.6 is 0 Å². The Balaban J connectivity index is 2.06. The summed E-state index contributed by atoms with van der Waals surface area (Å²) in [5.41, 5.74) is 6.92. The minimum absolute atomic E-state index is 0.205. The number of benzene rings is 1. The molecular weight excluding hydrogens is 226 g/mol. The Morgan fingerprint density at radius 3 is 2.61 bits per heavy atom. The first-order valence-corrected chi connectivity index (χ1v) is 6.58. The molecule has 96 valence electrons. The second-order valence-electron chi connectivity index (χ2n) is 5.01. The van der Waals surface area contributed by atoms with E-state index in [0.29, 0.717) is 12.8 Å². The Morgan fingerprint density at radius 2 is 1.94 bits per heavy atom. The van der Waals surface area contributed by atoms with Gasteiger partial charge in [0.2, 0.25) is 5.91 Å². The summed E-state index contributed by atoms with van der Waals surface area (Å²) in [4.78, 5) is 23.0. The lowest BCUT2D eigenvalue weighted by atomic mass is 9.94. The number of rotatable bonds is 5. The zero-order valence-corrected chi connectivity index (χ0v) is 10.5. The summed E-state index contributed by atoms with van der Waals surface area (Å²) in [7, 11) is 0. The van der Waals surface area contributed by atoms with Crippen molar-refractivity contribution in [3.8, 4) is 0 Å². The van der Waals surface area contributed by atoms with E-state index in [1.807, 2.05) is 24.3 Å². The summed E-state index contributed by atoms with van der Waals surface area (Å²) in [5, 5.41) is 0. The molecule has 3 nitrogen and oxygen atoms in total.